The predicted molar refractivity (Wildman–Crippen MR) is 75.9 cm³/mol. The van der Waals surface area contributed by atoms with E-state index in [1.165, 1.54) is 32.5 Å². The minimum atomic E-state index is 0.357. The van der Waals surface area contributed by atoms with Gasteiger partial charge in [-0.25, -0.2) is 0 Å². The number of hydrogen-bond donors (Lipinski definition) is 0. The van der Waals surface area contributed by atoms with Crippen molar-refractivity contribution in [3.05, 3.63) is 0 Å². The summed E-state index contributed by atoms with van der Waals surface area (Å²) < 4.78 is 5.73. The molecule has 0 radical (unpaired) electrons. The first-order chi connectivity index (χ1) is 8.58. The minimum absolute atomic E-state index is 0.357. The molecule has 2 heterocycles. The molecule has 0 aromatic rings. The van der Waals surface area contributed by atoms with Gasteiger partial charge < -0.3 is 4.74 Å². The number of hydrogen-bond acceptors (Lipinski definition) is 3. The molecular formula is C15H30N2O. The zero-order valence-electron chi connectivity index (χ0n) is 12.6. The van der Waals surface area contributed by atoms with Gasteiger partial charge in [-0.1, -0.05) is 13.8 Å². The van der Waals surface area contributed by atoms with Crippen molar-refractivity contribution in [2.75, 3.05) is 32.8 Å². The molecule has 2 aliphatic rings. The summed E-state index contributed by atoms with van der Waals surface area (Å²) in [5.41, 5.74) is 0. The van der Waals surface area contributed by atoms with Crippen LogP contribution in [0.25, 0.3) is 0 Å². The zero-order valence-corrected chi connectivity index (χ0v) is 12.6. The van der Waals surface area contributed by atoms with Crippen LogP contribution in [-0.2, 0) is 4.74 Å². The standard InChI is InChI=1S/C15H30N2O/c1-12(2)15-11-16-7-5-6-14(16)10-17(15)8-9-18-13(3)4/h12-15H,5-11H2,1-4H3. The number of nitrogens with zero attached hydrogens (tertiary/aromatic N) is 2. The Labute approximate surface area is 112 Å². The highest BCUT2D eigenvalue weighted by atomic mass is 16.5. The normalized spacial score (nSPS) is 30.3. The van der Waals surface area contributed by atoms with Gasteiger partial charge in [-0.15, -0.1) is 0 Å². The van der Waals surface area contributed by atoms with Crippen molar-refractivity contribution in [1.82, 2.24) is 9.80 Å². The molecule has 18 heavy (non-hydrogen) atoms. The van der Waals surface area contributed by atoms with Crippen molar-refractivity contribution in [2.45, 2.75) is 58.7 Å². The maximum atomic E-state index is 5.73. The summed E-state index contributed by atoms with van der Waals surface area (Å²) in [6.45, 7) is 14.8. The average molecular weight is 254 g/mol. The Morgan fingerprint density at radius 3 is 2.61 bits per heavy atom. The lowest BCUT2D eigenvalue weighted by Crippen LogP contribution is -2.58. The Morgan fingerprint density at radius 1 is 1.17 bits per heavy atom. The molecule has 3 nitrogen and oxygen atoms in total. The lowest BCUT2D eigenvalue weighted by atomic mass is 9.97. The van der Waals surface area contributed by atoms with Gasteiger partial charge in [0.25, 0.3) is 0 Å². The smallest absolute Gasteiger partial charge is 0.0597 e. The molecule has 0 bridgehead atoms. The number of rotatable bonds is 5. The van der Waals surface area contributed by atoms with Crippen LogP contribution < -0.4 is 0 Å². The second-order valence-corrected chi connectivity index (χ2v) is 6.52. The number of fused-ring (bicyclic) bond motifs is 1. The second-order valence-electron chi connectivity index (χ2n) is 6.52. The fraction of sp³-hybridized carbons (Fsp3) is 1.00. The molecule has 2 aliphatic heterocycles. The van der Waals surface area contributed by atoms with E-state index in [1.54, 1.807) is 0 Å². The SMILES string of the molecule is CC(C)OCCN1CC2CCCN2CC1C(C)C. The Hall–Kier alpha value is -0.120. The first-order valence-electron chi connectivity index (χ1n) is 7.67. The first kappa shape index (κ1) is 14.3. The molecule has 106 valence electrons. The Bertz CT molecular complexity index is 255. The van der Waals surface area contributed by atoms with E-state index in [1.807, 2.05) is 0 Å². The van der Waals surface area contributed by atoms with Gasteiger partial charge in [0.2, 0.25) is 0 Å². The molecule has 2 unspecified atom stereocenters. The molecule has 0 aliphatic carbocycles. The van der Waals surface area contributed by atoms with Crippen molar-refractivity contribution in [2.24, 2.45) is 5.92 Å². The zero-order chi connectivity index (χ0) is 13.1. The van der Waals surface area contributed by atoms with Crippen molar-refractivity contribution in [3.63, 3.8) is 0 Å². The van der Waals surface area contributed by atoms with Gasteiger partial charge in [0, 0.05) is 31.7 Å². The predicted octanol–water partition coefficient (Wildman–Crippen LogP) is 2.22. The first-order valence-corrected chi connectivity index (χ1v) is 7.67. The highest BCUT2D eigenvalue weighted by Crippen LogP contribution is 2.27. The van der Waals surface area contributed by atoms with Gasteiger partial charge in [-0.3, -0.25) is 9.80 Å². The van der Waals surface area contributed by atoms with Crippen molar-refractivity contribution in [1.29, 1.82) is 0 Å². The molecule has 0 amide bonds. The Balaban J connectivity index is 1.88. The Kier molecular flexibility index (Phi) is 5.05. The van der Waals surface area contributed by atoms with Crippen molar-refractivity contribution >= 4 is 0 Å². The molecule has 0 saturated carbocycles. The minimum Gasteiger partial charge on any atom is -0.377 e. The van der Waals surface area contributed by atoms with Gasteiger partial charge in [0.1, 0.15) is 0 Å². The van der Waals surface area contributed by atoms with Gasteiger partial charge in [0.05, 0.1) is 12.7 Å². The molecule has 2 fully saturated rings. The van der Waals surface area contributed by atoms with Gasteiger partial charge in [-0.2, -0.15) is 0 Å². The monoisotopic (exact) mass is 254 g/mol. The van der Waals surface area contributed by atoms with Crippen LogP contribution in [0.4, 0.5) is 0 Å². The molecule has 3 heteroatoms. The van der Waals surface area contributed by atoms with E-state index < -0.39 is 0 Å². The lowest BCUT2D eigenvalue weighted by molar-refractivity contribution is -0.00346. The average Bonchev–Trinajstić information content (AvgIpc) is 2.74. The summed E-state index contributed by atoms with van der Waals surface area (Å²) in [4.78, 5) is 5.39. The van der Waals surface area contributed by atoms with Crippen LogP contribution in [-0.4, -0.2) is 60.8 Å². The number of piperazine rings is 1. The lowest BCUT2D eigenvalue weighted by Gasteiger charge is -2.45. The van der Waals surface area contributed by atoms with E-state index in [0.29, 0.717) is 6.10 Å². The molecule has 2 atom stereocenters. The van der Waals surface area contributed by atoms with Crippen LogP contribution in [0.1, 0.15) is 40.5 Å². The van der Waals surface area contributed by atoms with E-state index >= 15 is 0 Å². The summed E-state index contributed by atoms with van der Waals surface area (Å²) in [5, 5.41) is 0. The molecule has 0 aromatic carbocycles. The van der Waals surface area contributed by atoms with Crippen LogP contribution in [0.2, 0.25) is 0 Å². The summed E-state index contributed by atoms with van der Waals surface area (Å²) in [6.07, 6.45) is 3.15. The maximum absolute atomic E-state index is 5.73. The largest absolute Gasteiger partial charge is 0.377 e. The summed E-state index contributed by atoms with van der Waals surface area (Å²) in [7, 11) is 0. The molecule has 0 N–H and O–H groups in total. The molecule has 0 aromatic heterocycles. The second kappa shape index (κ2) is 6.36. The Morgan fingerprint density at radius 2 is 1.94 bits per heavy atom. The van der Waals surface area contributed by atoms with Crippen LogP contribution in [0.15, 0.2) is 0 Å². The van der Waals surface area contributed by atoms with Crippen molar-refractivity contribution < 1.29 is 4.74 Å². The fourth-order valence-corrected chi connectivity index (χ4v) is 3.40. The van der Waals surface area contributed by atoms with Crippen LogP contribution >= 0.6 is 0 Å². The quantitative estimate of drug-likeness (QED) is 0.748. The third-order valence-electron chi connectivity index (χ3n) is 4.43. The molecule has 0 spiro atoms. The highest BCUT2D eigenvalue weighted by Gasteiger charge is 2.36. The molecular weight excluding hydrogens is 224 g/mol. The molecule has 2 saturated heterocycles. The van der Waals surface area contributed by atoms with Crippen LogP contribution in [0.3, 0.4) is 0 Å². The third-order valence-corrected chi connectivity index (χ3v) is 4.43. The summed E-state index contributed by atoms with van der Waals surface area (Å²) in [6, 6.07) is 1.54. The van der Waals surface area contributed by atoms with Crippen LogP contribution in [0, 0.1) is 5.92 Å². The van der Waals surface area contributed by atoms with Crippen LogP contribution in [0.5, 0.6) is 0 Å². The van der Waals surface area contributed by atoms with E-state index in [-0.39, 0.29) is 0 Å². The van der Waals surface area contributed by atoms with Gasteiger partial charge in [-0.05, 0) is 39.2 Å². The van der Waals surface area contributed by atoms with Gasteiger partial charge in [0.15, 0.2) is 0 Å². The van der Waals surface area contributed by atoms with E-state index in [2.05, 4.69) is 37.5 Å². The van der Waals surface area contributed by atoms with E-state index in [4.69, 9.17) is 4.74 Å². The number of ether oxygens (including phenoxy) is 1. The molecule has 2 rings (SSSR count). The summed E-state index contributed by atoms with van der Waals surface area (Å²) >= 11 is 0. The third kappa shape index (κ3) is 3.46. The topological polar surface area (TPSA) is 15.7 Å². The summed E-state index contributed by atoms with van der Waals surface area (Å²) in [5.74, 6) is 0.741. The van der Waals surface area contributed by atoms with Gasteiger partial charge >= 0.3 is 0 Å². The maximum Gasteiger partial charge on any atom is 0.0597 e. The van der Waals surface area contributed by atoms with E-state index in [9.17, 15) is 0 Å². The highest BCUT2D eigenvalue weighted by molar-refractivity contribution is 4.93. The van der Waals surface area contributed by atoms with Crippen molar-refractivity contribution in [3.8, 4) is 0 Å². The van der Waals surface area contributed by atoms with E-state index in [0.717, 1.165) is 31.2 Å². The fourth-order valence-electron chi connectivity index (χ4n) is 3.40.